The van der Waals surface area contributed by atoms with Gasteiger partial charge in [-0.15, -0.1) is 0 Å². The number of hydrogen-bond acceptors (Lipinski definition) is 3. The summed E-state index contributed by atoms with van der Waals surface area (Å²) in [5.41, 5.74) is 1.26. The number of halogens is 1. The lowest BCUT2D eigenvalue weighted by molar-refractivity contribution is -0.123. The standard InChI is InChI=1S/C20H22BrN3O2/c21-20-7-12-3-13(8-20)6-19(5-12,10-20)9-17(25)24-14-1-2-16-15(4-14)18(26)23-11-22-16/h1-2,4,11-13H,3,5-10H2,(H,24,25)(H,22,23,26). The summed E-state index contributed by atoms with van der Waals surface area (Å²) in [4.78, 5) is 31.5. The summed E-state index contributed by atoms with van der Waals surface area (Å²) in [7, 11) is 0. The van der Waals surface area contributed by atoms with Gasteiger partial charge < -0.3 is 10.3 Å². The number of nitrogens with one attached hydrogen (secondary N) is 2. The fraction of sp³-hybridized carbons (Fsp3) is 0.550. The van der Waals surface area contributed by atoms with E-state index in [-0.39, 0.29) is 21.2 Å². The fourth-order valence-electron chi connectivity index (χ4n) is 6.23. The number of alkyl halides is 1. The van der Waals surface area contributed by atoms with Crippen molar-refractivity contribution in [2.75, 3.05) is 5.32 Å². The van der Waals surface area contributed by atoms with Gasteiger partial charge >= 0.3 is 0 Å². The number of carbonyl (C=O) groups is 1. The second-order valence-electron chi connectivity index (χ2n) is 8.80. The van der Waals surface area contributed by atoms with Crippen LogP contribution in [0.2, 0.25) is 0 Å². The Labute approximate surface area is 160 Å². The van der Waals surface area contributed by atoms with Gasteiger partial charge in [-0.05, 0) is 74.0 Å². The van der Waals surface area contributed by atoms with E-state index in [1.165, 1.54) is 38.4 Å². The SMILES string of the molecule is O=C(CC12CC3CC(CC(Br)(C3)C1)C2)Nc1ccc2nc[nH]c(=O)c2c1. The molecule has 6 heteroatoms. The molecule has 1 amide bonds. The Kier molecular flexibility index (Phi) is 3.58. The van der Waals surface area contributed by atoms with E-state index in [1.54, 1.807) is 12.1 Å². The third kappa shape index (κ3) is 2.79. The highest BCUT2D eigenvalue weighted by atomic mass is 79.9. The average Bonchev–Trinajstić information content (AvgIpc) is 2.52. The predicted octanol–water partition coefficient (Wildman–Crippen LogP) is 3.99. The lowest BCUT2D eigenvalue weighted by Crippen LogP contribution is -2.53. The van der Waals surface area contributed by atoms with Gasteiger partial charge in [-0.2, -0.15) is 0 Å². The Morgan fingerprint density at radius 3 is 2.77 bits per heavy atom. The lowest BCUT2D eigenvalue weighted by Gasteiger charge is -2.60. The summed E-state index contributed by atoms with van der Waals surface area (Å²) in [6.45, 7) is 0. The molecule has 1 aromatic heterocycles. The highest BCUT2D eigenvalue weighted by Crippen LogP contribution is 2.65. The maximum atomic E-state index is 12.8. The van der Waals surface area contributed by atoms with Crippen molar-refractivity contribution in [2.45, 2.75) is 49.3 Å². The molecule has 2 N–H and O–H groups in total. The molecule has 26 heavy (non-hydrogen) atoms. The number of aromatic amines is 1. The molecule has 1 heterocycles. The minimum Gasteiger partial charge on any atom is -0.326 e. The first kappa shape index (κ1) is 16.5. The van der Waals surface area contributed by atoms with Crippen molar-refractivity contribution in [1.82, 2.24) is 9.97 Å². The largest absolute Gasteiger partial charge is 0.326 e. The number of nitrogens with zero attached hydrogens (tertiary/aromatic N) is 1. The fourth-order valence-corrected chi connectivity index (χ4v) is 7.75. The molecule has 2 atom stereocenters. The quantitative estimate of drug-likeness (QED) is 0.744. The molecule has 2 unspecified atom stereocenters. The Morgan fingerprint density at radius 2 is 2.04 bits per heavy atom. The number of aromatic nitrogens is 2. The van der Waals surface area contributed by atoms with Crippen molar-refractivity contribution in [3.8, 4) is 0 Å². The lowest BCUT2D eigenvalue weighted by atomic mass is 9.48. The molecule has 6 rings (SSSR count). The topological polar surface area (TPSA) is 74.8 Å². The molecular weight excluding hydrogens is 394 g/mol. The van der Waals surface area contributed by atoms with Gasteiger partial charge in [-0.3, -0.25) is 9.59 Å². The Balaban J connectivity index is 1.35. The number of amides is 1. The Hall–Kier alpha value is -1.69. The van der Waals surface area contributed by atoms with E-state index in [4.69, 9.17) is 0 Å². The summed E-state index contributed by atoms with van der Waals surface area (Å²) < 4.78 is 0.263. The number of H-pyrrole nitrogens is 1. The zero-order valence-corrected chi connectivity index (χ0v) is 16.1. The van der Waals surface area contributed by atoms with Crippen LogP contribution in [-0.4, -0.2) is 20.2 Å². The third-order valence-electron chi connectivity index (χ3n) is 6.57. The number of benzene rings is 1. The zero-order chi connectivity index (χ0) is 17.9. The molecule has 4 fully saturated rings. The van der Waals surface area contributed by atoms with Crippen LogP contribution < -0.4 is 10.9 Å². The summed E-state index contributed by atoms with van der Waals surface area (Å²) in [6.07, 6.45) is 9.34. The second kappa shape index (κ2) is 5.65. The van der Waals surface area contributed by atoms with E-state index in [0.29, 0.717) is 23.0 Å². The third-order valence-corrected chi connectivity index (χ3v) is 7.50. The van der Waals surface area contributed by atoms with Crippen molar-refractivity contribution in [2.24, 2.45) is 17.3 Å². The van der Waals surface area contributed by atoms with E-state index in [0.717, 1.165) is 18.3 Å². The van der Waals surface area contributed by atoms with Crippen LogP contribution in [0.1, 0.15) is 44.9 Å². The minimum atomic E-state index is -0.187. The molecule has 1 aromatic carbocycles. The minimum absolute atomic E-state index is 0.0581. The van der Waals surface area contributed by atoms with Gasteiger partial charge in [-0.25, -0.2) is 4.98 Å². The molecule has 2 aromatic rings. The van der Waals surface area contributed by atoms with Crippen LogP contribution in [0.3, 0.4) is 0 Å². The average molecular weight is 416 g/mol. The number of fused-ring (bicyclic) bond motifs is 1. The van der Waals surface area contributed by atoms with Crippen molar-refractivity contribution in [3.05, 3.63) is 34.9 Å². The first-order valence-corrected chi connectivity index (χ1v) is 10.2. The van der Waals surface area contributed by atoms with Crippen molar-refractivity contribution < 1.29 is 4.79 Å². The van der Waals surface area contributed by atoms with Crippen LogP contribution in [0.15, 0.2) is 29.3 Å². The molecular formula is C20H22BrN3O2. The first-order chi connectivity index (χ1) is 12.4. The monoisotopic (exact) mass is 415 g/mol. The summed E-state index contributed by atoms with van der Waals surface area (Å²) >= 11 is 4.01. The Bertz CT molecular complexity index is 939. The van der Waals surface area contributed by atoms with Gasteiger partial charge in [0.25, 0.3) is 5.56 Å². The van der Waals surface area contributed by atoms with Gasteiger partial charge in [0.2, 0.25) is 5.91 Å². The van der Waals surface area contributed by atoms with E-state index >= 15 is 0 Å². The summed E-state index contributed by atoms with van der Waals surface area (Å²) in [6, 6.07) is 5.31. The molecule has 0 spiro atoms. The van der Waals surface area contributed by atoms with E-state index < -0.39 is 0 Å². The van der Waals surface area contributed by atoms with Crippen molar-refractivity contribution in [3.63, 3.8) is 0 Å². The normalized spacial score (nSPS) is 35.0. The van der Waals surface area contributed by atoms with Crippen molar-refractivity contribution in [1.29, 1.82) is 0 Å². The smallest absolute Gasteiger partial charge is 0.258 e. The van der Waals surface area contributed by atoms with Gasteiger partial charge in [0.1, 0.15) is 0 Å². The van der Waals surface area contributed by atoms with E-state index in [9.17, 15) is 9.59 Å². The molecule has 0 saturated heterocycles. The van der Waals surface area contributed by atoms with Gasteiger partial charge in [0.05, 0.1) is 17.2 Å². The highest BCUT2D eigenvalue weighted by molar-refractivity contribution is 9.10. The van der Waals surface area contributed by atoms with Crippen LogP contribution in [0.25, 0.3) is 10.9 Å². The summed E-state index contributed by atoms with van der Waals surface area (Å²) in [5, 5.41) is 3.51. The van der Waals surface area contributed by atoms with Crippen LogP contribution in [0, 0.1) is 17.3 Å². The van der Waals surface area contributed by atoms with Gasteiger partial charge in [-0.1, -0.05) is 15.9 Å². The maximum Gasteiger partial charge on any atom is 0.258 e. The predicted molar refractivity (Wildman–Crippen MR) is 104 cm³/mol. The Morgan fingerprint density at radius 1 is 1.27 bits per heavy atom. The second-order valence-corrected chi connectivity index (χ2v) is 10.5. The van der Waals surface area contributed by atoms with E-state index in [2.05, 4.69) is 31.2 Å². The van der Waals surface area contributed by atoms with Crippen LogP contribution in [-0.2, 0) is 4.79 Å². The number of hydrogen-bond donors (Lipinski definition) is 2. The molecule has 4 bridgehead atoms. The van der Waals surface area contributed by atoms with Crippen LogP contribution in [0.4, 0.5) is 5.69 Å². The van der Waals surface area contributed by atoms with Crippen molar-refractivity contribution >= 4 is 38.4 Å². The van der Waals surface area contributed by atoms with Gasteiger partial charge in [0.15, 0.2) is 0 Å². The zero-order valence-electron chi connectivity index (χ0n) is 14.6. The van der Waals surface area contributed by atoms with Gasteiger partial charge in [0, 0.05) is 16.4 Å². The van der Waals surface area contributed by atoms with E-state index in [1.807, 2.05) is 6.07 Å². The maximum absolute atomic E-state index is 12.8. The summed E-state index contributed by atoms with van der Waals surface area (Å²) in [5.74, 6) is 1.60. The number of rotatable bonds is 3. The van der Waals surface area contributed by atoms with Crippen LogP contribution >= 0.6 is 15.9 Å². The molecule has 0 radical (unpaired) electrons. The molecule has 136 valence electrons. The van der Waals surface area contributed by atoms with Crippen LogP contribution in [0.5, 0.6) is 0 Å². The molecule has 4 aliphatic carbocycles. The highest BCUT2D eigenvalue weighted by Gasteiger charge is 2.57. The molecule has 4 aliphatic rings. The molecule has 4 saturated carbocycles. The molecule has 0 aliphatic heterocycles. The number of anilines is 1. The molecule has 5 nitrogen and oxygen atoms in total. The number of carbonyl (C=O) groups excluding carboxylic acids is 1. The first-order valence-electron chi connectivity index (χ1n) is 9.38.